The Morgan fingerprint density at radius 3 is 2.55 bits per heavy atom. The first-order chi connectivity index (χ1) is 13.6. The topological polar surface area (TPSA) is 86.0 Å². The highest BCUT2D eigenvalue weighted by molar-refractivity contribution is 14.0. The van der Waals surface area contributed by atoms with E-state index in [2.05, 4.69) is 30.6 Å². The van der Waals surface area contributed by atoms with Crippen LogP contribution in [0.25, 0.3) is 0 Å². The Morgan fingerprint density at radius 2 is 1.93 bits per heavy atom. The van der Waals surface area contributed by atoms with E-state index >= 15 is 0 Å². The molecule has 2 aromatic rings. The molecule has 2 N–H and O–H groups in total. The quantitative estimate of drug-likeness (QED) is 0.348. The third-order valence-corrected chi connectivity index (χ3v) is 4.38. The van der Waals surface area contributed by atoms with Gasteiger partial charge in [-0.15, -0.1) is 24.0 Å². The van der Waals surface area contributed by atoms with E-state index in [1.54, 1.807) is 6.26 Å². The number of rotatable bonds is 6. The van der Waals surface area contributed by atoms with E-state index in [0.29, 0.717) is 5.69 Å². The van der Waals surface area contributed by atoms with E-state index in [0.717, 1.165) is 50.9 Å². The number of anilines is 1. The van der Waals surface area contributed by atoms with Crippen LogP contribution < -0.4 is 10.6 Å². The molecule has 0 bridgehead atoms. The maximum atomic E-state index is 12.9. The van der Waals surface area contributed by atoms with E-state index in [-0.39, 0.29) is 42.2 Å². The standard InChI is InChI=1S/C19H25FN6O2.HI/c1-2-21-19(22-13-18(27)23-16-5-3-15(20)4-6-16)26-10-8-25(9-11-26)14-17-7-12-28-24-17;/h3-7,12H,2,8-11,13-14H2,1H3,(H,21,22)(H,23,27);1H. The number of amides is 1. The minimum absolute atomic E-state index is 0. The Labute approximate surface area is 186 Å². The highest BCUT2D eigenvalue weighted by Gasteiger charge is 2.20. The number of carbonyl (C=O) groups excluding carboxylic acids is 1. The first-order valence-electron chi connectivity index (χ1n) is 9.34. The third-order valence-electron chi connectivity index (χ3n) is 4.38. The highest BCUT2D eigenvalue weighted by Crippen LogP contribution is 2.09. The second-order valence-electron chi connectivity index (χ2n) is 6.48. The van der Waals surface area contributed by atoms with Gasteiger partial charge in [-0.05, 0) is 31.2 Å². The van der Waals surface area contributed by atoms with E-state index < -0.39 is 0 Å². The fraction of sp³-hybridized carbons (Fsp3) is 0.421. The van der Waals surface area contributed by atoms with Crippen LogP contribution in [0.5, 0.6) is 0 Å². The van der Waals surface area contributed by atoms with E-state index in [1.165, 1.54) is 24.3 Å². The first kappa shape index (κ1) is 23.1. The lowest BCUT2D eigenvalue weighted by atomic mass is 10.3. The number of nitrogens with zero attached hydrogens (tertiary/aromatic N) is 4. The molecule has 1 fully saturated rings. The second-order valence-corrected chi connectivity index (χ2v) is 6.48. The minimum atomic E-state index is -0.340. The summed E-state index contributed by atoms with van der Waals surface area (Å²) in [6.45, 7) is 6.84. The fourth-order valence-electron chi connectivity index (χ4n) is 2.97. The van der Waals surface area contributed by atoms with Gasteiger partial charge in [-0.3, -0.25) is 9.69 Å². The van der Waals surface area contributed by atoms with Gasteiger partial charge in [0, 0.05) is 51.0 Å². The predicted octanol–water partition coefficient (Wildman–Crippen LogP) is 2.15. The largest absolute Gasteiger partial charge is 0.364 e. The SMILES string of the molecule is CCNC(=NCC(=O)Nc1ccc(F)cc1)N1CCN(Cc2ccon2)CC1.I. The summed E-state index contributed by atoms with van der Waals surface area (Å²) in [6.07, 6.45) is 1.58. The fourth-order valence-corrected chi connectivity index (χ4v) is 2.97. The Kier molecular flexibility index (Phi) is 9.32. The van der Waals surface area contributed by atoms with Crippen LogP contribution >= 0.6 is 24.0 Å². The molecule has 2 heterocycles. The van der Waals surface area contributed by atoms with Crippen LogP contribution in [-0.2, 0) is 11.3 Å². The Balaban J connectivity index is 0.00000300. The third kappa shape index (κ3) is 7.28. The van der Waals surface area contributed by atoms with Gasteiger partial charge in [-0.25, -0.2) is 9.38 Å². The molecule has 10 heteroatoms. The second kappa shape index (κ2) is 11.7. The molecule has 0 atom stereocenters. The maximum Gasteiger partial charge on any atom is 0.246 e. The lowest BCUT2D eigenvalue weighted by Gasteiger charge is -2.36. The molecular formula is C19H26FIN6O2. The zero-order chi connectivity index (χ0) is 19.8. The van der Waals surface area contributed by atoms with Crippen molar-refractivity contribution in [2.45, 2.75) is 13.5 Å². The molecule has 0 aliphatic carbocycles. The van der Waals surface area contributed by atoms with Gasteiger partial charge in [-0.1, -0.05) is 5.16 Å². The number of halogens is 2. The number of aromatic nitrogens is 1. The molecule has 158 valence electrons. The Bertz CT molecular complexity index is 777. The van der Waals surface area contributed by atoms with Crippen LogP contribution in [0.4, 0.5) is 10.1 Å². The van der Waals surface area contributed by atoms with Gasteiger partial charge < -0.3 is 20.1 Å². The predicted molar refractivity (Wildman–Crippen MR) is 120 cm³/mol. The van der Waals surface area contributed by atoms with Crippen molar-refractivity contribution in [3.05, 3.63) is 48.1 Å². The van der Waals surface area contributed by atoms with Gasteiger partial charge >= 0.3 is 0 Å². The zero-order valence-corrected chi connectivity index (χ0v) is 18.6. The molecule has 0 saturated carbocycles. The van der Waals surface area contributed by atoms with Crippen molar-refractivity contribution in [3.8, 4) is 0 Å². The summed E-state index contributed by atoms with van der Waals surface area (Å²) in [6, 6.07) is 7.53. The van der Waals surface area contributed by atoms with E-state index in [4.69, 9.17) is 4.52 Å². The van der Waals surface area contributed by atoms with Gasteiger partial charge in [0.05, 0.1) is 5.69 Å². The van der Waals surface area contributed by atoms with Crippen molar-refractivity contribution in [1.82, 2.24) is 20.3 Å². The summed E-state index contributed by atoms with van der Waals surface area (Å²) in [5.74, 6) is 0.137. The molecule has 29 heavy (non-hydrogen) atoms. The summed E-state index contributed by atoms with van der Waals surface area (Å²) >= 11 is 0. The Hall–Kier alpha value is -2.21. The van der Waals surface area contributed by atoms with Gasteiger partial charge in [-0.2, -0.15) is 0 Å². The molecule has 0 unspecified atom stereocenters. The number of hydrogen-bond donors (Lipinski definition) is 2. The van der Waals surface area contributed by atoms with E-state index in [9.17, 15) is 9.18 Å². The molecule has 1 amide bonds. The van der Waals surface area contributed by atoms with Crippen LogP contribution in [0, 0.1) is 5.82 Å². The number of aliphatic imine (C=N–C) groups is 1. The summed E-state index contributed by atoms with van der Waals surface area (Å²) in [7, 11) is 0. The summed E-state index contributed by atoms with van der Waals surface area (Å²) in [5, 5.41) is 9.91. The molecule has 1 aromatic heterocycles. The number of carbonyl (C=O) groups is 1. The van der Waals surface area contributed by atoms with Crippen LogP contribution in [0.2, 0.25) is 0 Å². The monoisotopic (exact) mass is 516 g/mol. The molecule has 1 aliphatic heterocycles. The minimum Gasteiger partial charge on any atom is -0.364 e. The molecule has 0 radical (unpaired) electrons. The summed E-state index contributed by atoms with van der Waals surface area (Å²) in [5.41, 5.74) is 1.47. The number of benzene rings is 1. The molecule has 1 saturated heterocycles. The lowest BCUT2D eigenvalue weighted by Crippen LogP contribution is -2.52. The van der Waals surface area contributed by atoms with Crippen LogP contribution in [0.15, 0.2) is 46.1 Å². The van der Waals surface area contributed by atoms with Crippen molar-refractivity contribution < 1.29 is 13.7 Å². The molecular weight excluding hydrogens is 490 g/mol. The number of piperazine rings is 1. The highest BCUT2D eigenvalue weighted by atomic mass is 127. The lowest BCUT2D eigenvalue weighted by molar-refractivity contribution is -0.114. The van der Waals surface area contributed by atoms with Crippen LogP contribution in [0.1, 0.15) is 12.6 Å². The van der Waals surface area contributed by atoms with Gasteiger partial charge in [0.15, 0.2) is 5.96 Å². The smallest absolute Gasteiger partial charge is 0.246 e. The van der Waals surface area contributed by atoms with Crippen molar-refractivity contribution in [2.24, 2.45) is 4.99 Å². The number of nitrogens with one attached hydrogen (secondary N) is 2. The van der Waals surface area contributed by atoms with Gasteiger partial charge in [0.2, 0.25) is 5.91 Å². The molecule has 1 aromatic carbocycles. The van der Waals surface area contributed by atoms with Crippen LogP contribution in [-0.4, -0.2) is 66.1 Å². The summed E-state index contributed by atoms with van der Waals surface area (Å²) in [4.78, 5) is 21.0. The van der Waals surface area contributed by atoms with Gasteiger partial charge in [0.25, 0.3) is 0 Å². The first-order valence-corrected chi connectivity index (χ1v) is 9.34. The molecule has 1 aliphatic rings. The van der Waals surface area contributed by atoms with Crippen LogP contribution in [0.3, 0.4) is 0 Å². The number of guanidine groups is 1. The maximum absolute atomic E-state index is 12.9. The molecule has 0 spiro atoms. The van der Waals surface area contributed by atoms with Crippen molar-refractivity contribution in [1.29, 1.82) is 0 Å². The normalized spacial score (nSPS) is 15.0. The summed E-state index contributed by atoms with van der Waals surface area (Å²) < 4.78 is 17.8. The van der Waals surface area contributed by atoms with E-state index in [1.807, 2.05) is 13.0 Å². The van der Waals surface area contributed by atoms with Crippen molar-refractivity contribution in [3.63, 3.8) is 0 Å². The Morgan fingerprint density at radius 1 is 1.21 bits per heavy atom. The molecule has 3 rings (SSSR count). The number of hydrogen-bond acceptors (Lipinski definition) is 5. The average molecular weight is 516 g/mol. The van der Waals surface area contributed by atoms with Crippen molar-refractivity contribution >= 4 is 41.5 Å². The average Bonchev–Trinajstić information content (AvgIpc) is 3.21. The van der Waals surface area contributed by atoms with Gasteiger partial charge in [0.1, 0.15) is 18.6 Å². The zero-order valence-electron chi connectivity index (χ0n) is 16.3. The van der Waals surface area contributed by atoms with Crippen molar-refractivity contribution in [2.75, 3.05) is 44.6 Å². The molecule has 8 nitrogen and oxygen atoms in total.